The van der Waals surface area contributed by atoms with Crippen LogP contribution >= 0.6 is 0 Å². The van der Waals surface area contributed by atoms with E-state index in [9.17, 15) is 0 Å². The van der Waals surface area contributed by atoms with E-state index in [1.54, 1.807) is 11.1 Å². The summed E-state index contributed by atoms with van der Waals surface area (Å²) >= 11 is 0. The van der Waals surface area contributed by atoms with Crippen molar-refractivity contribution in [2.75, 3.05) is 0 Å². The smallest absolute Gasteiger partial charge is 0.0765 e. The van der Waals surface area contributed by atoms with Crippen LogP contribution in [0.25, 0.3) is 0 Å². The molecule has 0 saturated heterocycles. The zero-order chi connectivity index (χ0) is 45.2. The van der Waals surface area contributed by atoms with Gasteiger partial charge in [0.15, 0.2) is 0 Å². The molecular weight excluding hydrogens is 817 g/mol. The Morgan fingerprint density at radius 3 is 0.676 bits per heavy atom. The minimum Gasteiger partial charge on any atom is -0.0765 e. The third-order valence-electron chi connectivity index (χ3n) is 18.1. The molecule has 8 bridgehead atoms. The first-order chi connectivity index (χ1) is 33.6. The Bertz CT molecular complexity index is 2710. The van der Waals surface area contributed by atoms with Gasteiger partial charge in [0.25, 0.3) is 0 Å². The van der Waals surface area contributed by atoms with Crippen molar-refractivity contribution >= 4 is 0 Å². The molecule has 0 N–H and O–H groups in total. The molecule has 68 heavy (non-hydrogen) atoms. The van der Waals surface area contributed by atoms with Crippen LogP contribution in [0.15, 0.2) is 231 Å². The highest BCUT2D eigenvalue weighted by Crippen LogP contribution is 2.77. The molecule has 0 radical (unpaired) electrons. The first kappa shape index (κ1) is 41.1. The lowest BCUT2D eigenvalue weighted by molar-refractivity contribution is -0.221. The number of hydrogen-bond donors (Lipinski definition) is 0. The fourth-order valence-electron chi connectivity index (χ4n) is 15.3. The van der Waals surface area contributed by atoms with Crippen LogP contribution in [-0.4, -0.2) is 0 Å². The van der Waals surface area contributed by atoms with Crippen molar-refractivity contribution in [3.05, 3.63) is 286 Å². The summed E-state index contributed by atoms with van der Waals surface area (Å²) < 4.78 is 0. The van der Waals surface area contributed by atoms with Crippen LogP contribution in [0.5, 0.6) is 0 Å². The van der Waals surface area contributed by atoms with Gasteiger partial charge in [-0.25, -0.2) is 0 Å². The van der Waals surface area contributed by atoms with Crippen LogP contribution in [0.3, 0.4) is 0 Å². The third kappa shape index (κ3) is 6.45. The molecule has 7 aliphatic rings. The molecule has 0 aromatic heterocycles. The SMILES string of the molecule is C(#CC(c1ccccc1)(c1ccccc1)c1ccccc1)c1ccc(C23CC4C5CC6(c7ccc(C#CC(c8ccccc8)(c8ccccc8)c8ccccc8)cc7)CC4C(C2)C(C6)C5C3)cc1. The van der Waals surface area contributed by atoms with Gasteiger partial charge in [-0.05, 0) is 154 Å². The highest BCUT2D eigenvalue weighted by atomic mass is 14.7. The maximum Gasteiger partial charge on any atom is 0.107 e. The lowest BCUT2D eigenvalue weighted by Gasteiger charge is -2.75. The lowest BCUT2D eigenvalue weighted by Crippen LogP contribution is -2.69. The fraction of sp³-hybridized carbons (Fsp3) is 0.235. The lowest BCUT2D eigenvalue weighted by atomic mass is 9.29. The summed E-state index contributed by atoms with van der Waals surface area (Å²) in [6.45, 7) is 0. The highest BCUT2D eigenvalue weighted by Gasteiger charge is 2.70. The van der Waals surface area contributed by atoms with Gasteiger partial charge in [0.2, 0.25) is 0 Å². The molecule has 0 heterocycles. The van der Waals surface area contributed by atoms with E-state index in [0.717, 1.165) is 46.6 Å². The molecule has 7 aliphatic carbocycles. The summed E-state index contributed by atoms with van der Waals surface area (Å²) in [6.07, 6.45) is 8.18. The van der Waals surface area contributed by atoms with E-state index < -0.39 is 10.8 Å². The van der Waals surface area contributed by atoms with Gasteiger partial charge >= 0.3 is 0 Å². The summed E-state index contributed by atoms with van der Waals surface area (Å²) in [6, 6.07) is 84.2. The topological polar surface area (TPSA) is 0 Å². The Morgan fingerprint density at radius 1 is 0.265 bits per heavy atom. The molecule has 0 amide bonds. The van der Waals surface area contributed by atoms with Crippen molar-refractivity contribution in [3.63, 3.8) is 0 Å². The van der Waals surface area contributed by atoms with Gasteiger partial charge in [0.1, 0.15) is 10.8 Å². The van der Waals surface area contributed by atoms with Crippen LogP contribution < -0.4 is 0 Å². The Kier molecular flexibility index (Phi) is 9.85. The molecular formula is C68H56. The minimum atomic E-state index is -0.588. The van der Waals surface area contributed by atoms with Gasteiger partial charge in [-0.3, -0.25) is 0 Å². The van der Waals surface area contributed by atoms with Crippen LogP contribution in [0.2, 0.25) is 0 Å². The third-order valence-corrected chi connectivity index (χ3v) is 18.1. The van der Waals surface area contributed by atoms with Gasteiger partial charge in [-0.2, -0.15) is 0 Å². The summed E-state index contributed by atoms with van der Waals surface area (Å²) in [5.41, 5.74) is 11.9. The standard InChI is InChI=1S/C68H56/c1-7-19-53(20-8-1)67(54-21-9-2-10-22-54,55-23-11-3-12-24-55)41-39-49-31-35-51(36-32-49)65-43-59-62-46-66(47-63(59)61(45-65)64(48-66)60(62)44-65)52-37-33-50(34-38-52)40-42-68(56-25-13-4-14-26-56,57-27-15-5-16-28-57)58-29-17-6-18-30-58/h1-38,59-64H,43-48H2. The molecule has 0 atom stereocenters. The van der Waals surface area contributed by atoms with Crippen molar-refractivity contribution in [2.24, 2.45) is 35.5 Å². The van der Waals surface area contributed by atoms with Gasteiger partial charge in [0.05, 0.1) is 0 Å². The van der Waals surface area contributed by atoms with Crippen molar-refractivity contribution in [2.45, 2.75) is 60.2 Å². The van der Waals surface area contributed by atoms with E-state index in [0.29, 0.717) is 10.8 Å². The molecule has 0 heteroatoms. The zero-order valence-electron chi connectivity index (χ0n) is 38.6. The van der Waals surface area contributed by atoms with E-state index in [2.05, 4.69) is 254 Å². The molecule has 0 spiro atoms. The first-order valence-corrected chi connectivity index (χ1v) is 25.2. The van der Waals surface area contributed by atoms with Crippen LogP contribution in [0, 0.1) is 59.2 Å². The van der Waals surface area contributed by atoms with Gasteiger partial charge < -0.3 is 0 Å². The number of hydrogen-bond acceptors (Lipinski definition) is 0. The van der Waals surface area contributed by atoms with Crippen LogP contribution in [0.1, 0.15) is 94.2 Å². The monoisotopic (exact) mass is 872 g/mol. The van der Waals surface area contributed by atoms with E-state index in [4.69, 9.17) is 0 Å². The molecule has 7 fully saturated rings. The molecule has 328 valence electrons. The molecule has 8 aromatic carbocycles. The van der Waals surface area contributed by atoms with Gasteiger partial charge in [0, 0.05) is 11.1 Å². The van der Waals surface area contributed by atoms with Crippen molar-refractivity contribution in [1.82, 2.24) is 0 Å². The fourth-order valence-corrected chi connectivity index (χ4v) is 15.3. The summed E-state index contributed by atoms with van der Waals surface area (Å²) in [5, 5.41) is 0. The van der Waals surface area contributed by atoms with Crippen molar-refractivity contribution in [1.29, 1.82) is 0 Å². The Morgan fingerprint density at radius 2 is 0.471 bits per heavy atom. The van der Waals surface area contributed by atoms with Crippen LogP contribution in [-0.2, 0) is 21.7 Å². The largest absolute Gasteiger partial charge is 0.107 e. The molecule has 0 aliphatic heterocycles. The van der Waals surface area contributed by atoms with E-state index in [1.165, 1.54) is 71.9 Å². The average molecular weight is 873 g/mol. The minimum absolute atomic E-state index is 0.309. The quantitative estimate of drug-likeness (QED) is 0.105. The molecule has 15 rings (SSSR count). The van der Waals surface area contributed by atoms with E-state index >= 15 is 0 Å². The number of benzene rings is 8. The maximum atomic E-state index is 3.89. The Balaban J connectivity index is 0.768. The second-order valence-corrected chi connectivity index (χ2v) is 21.1. The zero-order valence-corrected chi connectivity index (χ0v) is 38.6. The van der Waals surface area contributed by atoms with E-state index in [1.807, 2.05) is 0 Å². The molecule has 0 unspecified atom stereocenters. The summed E-state index contributed by atoms with van der Waals surface area (Å²) in [5.74, 6) is 20.3. The normalized spacial score (nSPS) is 26.1. The van der Waals surface area contributed by atoms with E-state index in [-0.39, 0.29) is 0 Å². The average Bonchev–Trinajstić information content (AvgIpc) is 3.42. The van der Waals surface area contributed by atoms with Crippen LogP contribution in [0.4, 0.5) is 0 Å². The van der Waals surface area contributed by atoms with Crippen molar-refractivity contribution in [3.8, 4) is 23.7 Å². The Labute approximate surface area is 403 Å². The predicted molar refractivity (Wildman–Crippen MR) is 277 cm³/mol. The van der Waals surface area contributed by atoms with Gasteiger partial charge in [-0.15, -0.1) is 0 Å². The molecule has 0 nitrogen and oxygen atoms in total. The van der Waals surface area contributed by atoms with Crippen molar-refractivity contribution < 1.29 is 0 Å². The first-order valence-electron chi connectivity index (χ1n) is 25.2. The summed E-state index contributed by atoms with van der Waals surface area (Å²) in [4.78, 5) is 0. The molecule has 7 saturated carbocycles. The highest BCUT2D eigenvalue weighted by molar-refractivity contribution is 5.61. The number of rotatable bonds is 8. The second kappa shape index (κ2) is 16.3. The summed E-state index contributed by atoms with van der Waals surface area (Å²) in [7, 11) is 0. The molecule has 8 aromatic rings. The maximum absolute atomic E-state index is 3.89. The Hall–Kier alpha value is -7.12. The second-order valence-electron chi connectivity index (χ2n) is 21.1. The van der Waals surface area contributed by atoms with Gasteiger partial charge in [-0.1, -0.05) is 230 Å². The predicted octanol–water partition coefficient (Wildman–Crippen LogP) is 14.7.